The van der Waals surface area contributed by atoms with Crippen LogP contribution >= 0.6 is 22.9 Å². The Kier molecular flexibility index (Phi) is 7.29. The summed E-state index contributed by atoms with van der Waals surface area (Å²) in [6.07, 6.45) is 2.64. The maximum absolute atomic E-state index is 9.69. The molecule has 1 aromatic heterocycles. The molecule has 0 radical (unpaired) electrons. The first-order chi connectivity index (χ1) is 14.2. The van der Waals surface area contributed by atoms with Gasteiger partial charge in [-0.3, -0.25) is 0 Å². The number of nitriles is 1. The molecule has 0 saturated heterocycles. The molecule has 29 heavy (non-hydrogen) atoms. The fourth-order valence-electron chi connectivity index (χ4n) is 2.73. The van der Waals surface area contributed by atoms with Gasteiger partial charge < -0.3 is 9.47 Å². The van der Waals surface area contributed by atoms with E-state index in [9.17, 15) is 5.26 Å². The number of benzene rings is 2. The zero-order valence-corrected chi connectivity index (χ0v) is 17.9. The van der Waals surface area contributed by atoms with Gasteiger partial charge in [0.25, 0.3) is 0 Å². The van der Waals surface area contributed by atoms with Crippen LogP contribution in [0.25, 0.3) is 22.9 Å². The van der Waals surface area contributed by atoms with Crippen molar-refractivity contribution in [3.8, 4) is 28.8 Å². The number of nitrogens with zero attached hydrogens (tertiary/aromatic N) is 2. The van der Waals surface area contributed by atoms with E-state index in [1.54, 1.807) is 12.1 Å². The van der Waals surface area contributed by atoms with Gasteiger partial charge in [-0.1, -0.05) is 48.9 Å². The SMILES string of the molecule is CCCOc1c(Cl)cc(/C=C(/C#N)c2nc(-c3ccccc3)cs2)cc1OCC. The molecule has 0 N–H and O–H groups in total. The van der Waals surface area contributed by atoms with Gasteiger partial charge >= 0.3 is 0 Å². The van der Waals surface area contributed by atoms with Gasteiger partial charge in [0.2, 0.25) is 0 Å². The summed E-state index contributed by atoms with van der Waals surface area (Å²) in [4.78, 5) is 4.63. The van der Waals surface area contributed by atoms with Crippen molar-refractivity contribution < 1.29 is 9.47 Å². The average molecular weight is 425 g/mol. The van der Waals surface area contributed by atoms with Crippen LogP contribution in [0.4, 0.5) is 0 Å². The second kappa shape index (κ2) is 10.1. The van der Waals surface area contributed by atoms with Crippen LogP contribution in [0.2, 0.25) is 5.02 Å². The first kappa shape index (κ1) is 20.9. The smallest absolute Gasteiger partial charge is 0.179 e. The quantitative estimate of drug-likeness (QED) is 0.377. The molecule has 4 nitrogen and oxygen atoms in total. The molecule has 0 aliphatic rings. The highest BCUT2D eigenvalue weighted by atomic mass is 35.5. The summed E-state index contributed by atoms with van der Waals surface area (Å²) in [7, 11) is 0. The van der Waals surface area contributed by atoms with Crippen molar-refractivity contribution in [1.29, 1.82) is 5.26 Å². The molecule has 0 fully saturated rings. The number of allylic oxidation sites excluding steroid dienone is 1. The summed E-state index contributed by atoms with van der Waals surface area (Å²) in [5.41, 5.74) is 3.10. The second-order valence-electron chi connectivity index (χ2n) is 6.19. The number of aromatic nitrogens is 1. The van der Waals surface area contributed by atoms with Gasteiger partial charge in [-0.15, -0.1) is 11.3 Å². The number of thiazole rings is 1. The Morgan fingerprint density at radius 3 is 2.69 bits per heavy atom. The van der Waals surface area contributed by atoms with Crippen LogP contribution < -0.4 is 9.47 Å². The lowest BCUT2D eigenvalue weighted by molar-refractivity contribution is 0.277. The van der Waals surface area contributed by atoms with Gasteiger partial charge in [-0.05, 0) is 37.1 Å². The summed E-state index contributed by atoms with van der Waals surface area (Å²) in [5.74, 6) is 1.10. The maximum Gasteiger partial charge on any atom is 0.179 e. The minimum Gasteiger partial charge on any atom is -0.490 e. The van der Waals surface area contributed by atoms with Crippen molar-refractivity contribution in [2.75, 3.05) is 13.2 Å². The highest BCUT2D eigenvalue weighted by Crippen LogP contribution is 2.38. The Hall–Kier alpha value is -2.81. The van der Waals surface area contributed by atoms with Crippen molar-refractivity contribution in [3.63, 3.8) is 0 Å². The molecule has 0 spiro atoms. The molecule has 148 valence electrons. The highest BCUT2D eigenvalue weighted by molar-refractivity contribution is 7.11. The summed E-state index contributed by atoms with van der Waals surface area (Å²) in [6.45, 7) is 4.98. The predicted molar refractivity (Wildman–Crippen MR) is 119 cm³/mol. The summed E-state index contributed by atoms with van der Waals surface area (Å²) in [6, 6.07) is 15.8. The fourth-order valence-corrected chi connectivity index (χ4v) is 3.79. The normalized spacial score (nSPS) is 11.2. The Bertz CT molecular complexity index is 1040. The third-order valence-corrected chi connectivity index (χ3v) is 5.17. The van der Waals surface area contributed by atoms with E-state index in [-0.39, 0.29) is 0 Å². The molecular weight excluding hydrogens is 404 g/mol. The van der Waals surface area contributed by atoms with Crippen LogP contribution in [0.15, 0.2) is 47.8 Å². The lowest BCUT2D eigenvalue weighted by atomic mass is 10.1. The van der Waals surface area contributed by atoms with E-state index in [1.165, 1.54) is 11.3 Å². The Labute approximate surface area is 180 Å². The van der Waals surface area contributed by atoms with E-state index in [1.807, 2.05) is 55.6 Å². The van der Waals surface area contributed by atoms with Crippen LogP contribution in [-0.4, -0.2) is 18.2 Å². The first-order valence-corrected chi connectivity index (χ1v) is 10.6. The molecule has 1 heterocycles. The summed E-state index contributed by atoms with van der Waals surface area (Å²) >= 11 is 7.87. The summed E-state index contributed by atoms with van der Waals surface area (Å²) in [5, 5.41) is 12.8. The standard InChI is InChI=1S/C23H21ClN2O2S/c1-3-10-28-22-19(24)12-16(13-21(22)27-4-2)11-18(14-25)23-26-20(15-29-23)17-8-6-5-7-9-17/h5-9,11-13,15H,3-4,10H2,1-2H3/b18-11-. The van der Waals surface area contributed by atoms with Gasteiger partial charge in [0, 0.05) is 10.9 Å². The van der Waals surface area contributed by atoms with Crippen LogP contribution in [0, 0.1) is 11.3 Å². The van der Waals surface area contributed by atoms with Gasteiger partial charge in [0.05, 0.1) is 29.5 Å². The summed E-state index contributed by atoms with van der Waals surface area (Å²) < 4.78 is 11.4. The lowest BCUT2D eigenvalue weighted by Gasteiger charge is -2.14. The average Bonchev–Trinajstić information content (AvgIpc) is 3.22. The zero-order valence-electron chi connectivity index (χ0n) is 16.3. The van der Waals surface area contributed by atoms with Crippen molar-refractivity contribution in [2.45, 2.75) is 20.3 Å². The highest BCUT2D eigenvalue weighted by Gasteiger charge is 2.14. The fraction of sp³-hybridized carbons (Fsp3) is 0.217. The molecule has 0 aliphatic heterocycles. The molecule has 0 aliphatic carbocycles. The number of ether oxygens (including phenoxy) is 2. The van der Waals surface area contributed by atoms with Gasteiger partial charge in [-0.25, -0.2) is 4.98 Å². The monoisotopic (exact) mass is 424 g/mol. The number of hydrogen-bond donors (Lipinski definition) is 0. The predicted octanol–water partition coefficient (Wildman–Crippen LogP) is 6.72. The molecule has 0 amide bonds. The second-order valence-corrected chi connectivity index (χ2v) is 7.45. The van der Waals surface area contributed by atoms with Gasteiger partial charge in [0.15, 0.2) is 11.5 Å². The van der Waals surface area contributed by atoms with Gasteiger partial charge in [0.1, 0.15) is 11.1 Å². The Morgan fingerprint density at radius 2 is 2.00 bits per heavy atom. The molecule has 0 atom stereocenters. The first-order valence-electron chi connectivity index (χ1n) is 9.38. The Balaban J connectivity index is 1.95. The van der Waals surface area contributed by atoms with E-state index in [0.29, 0.717) is 40.3 Å². The minimum absolute atomic E-state index is 0.456. The number of rotatable bonds is 8. The van der Waals surface area contributed by atoms with E-state index in [0.717, 1.165) is 23.2 Å². The van der Waals surface area contributed by atoms with E-state index in [4.69, 9.17) is 21.1 Å². The third-order valence-electron chi connectivity index (χ3n) is 4.02. The molecule has 0 bridgehead atoms. The molecule has 2 aromatic carbocycles. The molecule has 0 unspecified atom stereocenters. The van der Waals surface area contributed by atoms with Crippen LogP contribution in [0.3, 0.4) is 0 Å². The van der Waals surface area contributed by atoms with E-state index >= 15 is 0 Å². The van der Waals surface area contributed by atoms with Crippen LogP contribution in [0.1, 0.15) is 30.8 Å². The van der Waals surface area contributed by atoms with Crippen molar-refractivity contribution in [1.82, 2.24) is 4.98 Å². The van der Waals surface area contributed by atoms with E-state index < -0.39 is 0 Å². The number of hydrogen-bond acceptors (Lipinski definition) is 5. The largest absolute Gasteiger partial charge is 0.490 e. The van der Waals surface area contributed by atoms with Crippen LogP contribution in [-0.2, 0) is 0 Å². The number of halogens is 1. The van der Waals surface area contributed by atoms with Crippen LogP contribution in [0.5, 0.6) is 11.5 Å². The van der Waals surface area contributed by atoms with Crippen molar-refractivity contribution >= 4 is 34.6 Å². The topological polar surface area (TPSA) is 55.1 Å². The molecule has 6 heteroatoms. The minimum atomic E-state index is 0.456. The molecule has 3 rings (SSSR count). The Morgan fingerprint density at radius 1 is 1.21 bits per heavy atom. The van der Waals surface area contributed by atoms with Gasteiger partial charge in [-0.2, -0.15) is 5.26 Å². The molecule has 0 saturated carbocycles. The maximum atomic E-state index is 9.69. The van der Waals surface area contributed by atoms with Crippen molar-refractivity contribution in [2.24, 2.45) is 0 Å². The third kappa shape index (κ3) is 5.17. The van der Waals surface area contributed by atoms with Crippen molar-refractivity contribution in [3.05, 3.63) is 63.4 Å². The molecule has 3 aromatic rings. The van der Waals surface area contributed by atoms with E-state index in [2.05, 4.69) is 11.1 Å². The lowest BCUT2D eigenvalue weighted by Crippen LogP contribution is -2.01. The molecular formula is C23H21ClN2O2S. The zero-order chi connectivity index (χ0) is 20.6.